The third kappa shape index (κ3) is 2.72. The van der Waals surface area contributed by atoms with Crippen molar-refractivity contribution in [2.24, 2.45) is 0 Å². The van der Waals surface area contributed by atoms with Gasteiger partial charge in [-0.05, 0) is 43.7 Å². The van der Waals surface area contributed by atoms with E-state index < -0.39 is 0 Å². The van der Waals surface area contributed by atoms with Gasteiger partial charge in [0.05, 0.1) is 0 Å². The van der Waals surface area contributed by atoms with Crippen LogP contribution < -0.4 is 0 Å². The van der Waals surface area contributed by atoms with Crippen LogP contribution in [0.3, 0.4) is 0 Å². The predicted octanol–water partition coefficient (Wildman–Crippen LogP) is 4.75. The minimum absolute atomic E-state index is 0.463. The van der Waals surface area contributed by atoms with Crippen molar-refractivity contribution in [1.82, 2.24) is 0 Å². The van der Waals surface area contributed by atoms with Gasteiger partial charge in [0.1, 0.15) is 0 Å². The Bertz CT molecular complexity index is 373. The average molecular weight is 265 g/mol. The smallest absolute Gasteiger partial charge is 0.0326 e. The molecule has 1 aromatic rings. The number of benzene rings is 1. The zero-order valence-electron chi connectivity index (χ0n) is 9.33. The molecule has 1 atom stereocenters. The molecule has 1 saturated carbocycles. The first-order valence-electron chi connectivity index (χ1n) is 5.59. The summed E-state index contributed by atoms with van der Waals surface area (Å²) in [5.74, 6) is 0.830. The van der Waals surface area contributed by atoms with Crippen LogP contribution in [0.4, 0.5) is 0 Å². The molecule has 0 spiro atoms. The van der Waals surface area contributed by atoms with E-state index in [-0.39, 0.29) is 0 Å². The largest absolute Gasteiger partial charge is 0.0845 e. The number of allylic oxidation sites excluding steroid dienone is 1. The first-order chi connectivity index (χ1) is 7.18. The Morgan fingerprint density at radius 2 is 2.07 bits per heavy atom. The fourth-order valence-corrected chi connectivity index (χ4v) is 1.90. The van der Waals surface area contributed by atoms with Crippen LogP contribution in [0, 0.1) is 0 Å². The molecule has 0 aliphatic heterocycles. The van der Waals surface area contributed by atoms with E-state index in [9.17, 15) is 0 Å². The van der Waals surface area contributed by atoms with E-state index in [2.05, 4.69) is 60.1 Å². The quantitative estimate of drug-likeness (QED) is 0.692. The normalized spacial score (nSPS) is 19.0. The Morgan fingerprint density at radius 1 is 1.40 bits per heavy atom. The maximum Gasteiger partial charge on any atom is 0.0326 e. The molecule has 0 N–H and O–H groups in total. The monoisotopic (exact) mass is 264 g/mol. The maximum absolute atomic E-state index is 3.61. The first kappa shape index (κ1) is 10.9. The summed E-state index contributed by atoms with van der Waals surface area (Å²) in [7, 11) is 0. The topological polar surface area (TPSA) is 0 Å². The molecular weight excluding hydrogens is 248 g/mol. The lowest BCUT2D eigenvalue weighted by atomic mass is 10.0. The van der Waals surface area contributed by atoms with Crippen molar-refractivity contribution in [3.05, 3.63) is 41.0 Å². The van der Waals surface area contributed by atoms with Crippen LogP contribution >= 0.6 is 15.9 Å². The highest BCUT2D eigenvalue weighted by molar-refractivity contribution is 9.09. The lowest BCUT2D eigenvalue weighted by molar-refractivity contribution is 1.11. The highest BCUT2D eigenvalue weighted by Crippen LogP contribution is 2.42. The number of alkyl halides is 1. The van der Waals surface area contributed by atoms with Crippen molar-refractivity contribution in [1.29, 1.82) is 0 Å². The van der Waals surface area contributed by atoms with Crippen molar-refractivity contribution in [3.8, 4) is 0 Å². The van der Waals surface area contributed by atoms with Gasteiger partial charge >= 0.3 is 0 Å². The van der Waals surface area contributed by atoms with Gasteiger partial charge in [0.15, 0.2) is 0 Å². The van der Waals surface area contributed by atoms with Crippen LogP contribution in [-0.4, -0.2) is 4.83 Å². The van der Waals surface area contributed by atoms with Crippen LogP contribution in [0.15, 0.2) is 29.8 Å². The third-order valence-electron chi connectivity index (χ3n) is 3.02. The molecular formula is C14H17Br. The molecule has 1 aliphatic rings. The second-order valence-corrected chi connectivity index (χ2v) is 5.78. The SMILES string of the molecule is C/C(=C\c1ccccc1C1CC1)C(C)Br. The summed E-state index contributed by atoms with van der Waals surface area (Å²) < 4.78 is 0. The van der Waals surface area contributed by atoms with Crippen molar-refractivity contribution < 1.29 is 0 Å². The maximum atomic E-state index is 3.61. The Kier molecular flexibility index (Phi) is 3.30. The Balaban J connectivity index is 2.31. The van der Waals surface area contributed by atoms with Crippen LogP contribution in [-0.2, 0) is 0 Å². The molecule has 0 amide bonds. The van der Waals surface area contributed by atoms with E-state index in [0.29, 0.717) is 4.83 Å². The molecule has 2 rings (SSSR count). The van der Waals surface area contributed by atoms with E-state index in [4.69, 9.17) is 0 Å². The standard InChI is InChI=1S/C14H17Br/c1-10(11(2)15)9-13-5-3-4-6-14(13)12-7-8-12/h3-6,9,11-12H,7-8H2,1-2H3/b10-9+. The Labute approximate surface area is 101 Å². The van der Waals surface area contributed by atoms with Gasteiger partial charge < -0.3 is 0 Å². The van der Waals surface area contributed by atoms with Crippen molar-refractivity contribution in [3.63, 3.8) is 0 Å². The zero-order valence-corrected chi connectivity index (χ0v) is 10.9. The van der Waals surface area contributed by atoms with Crippen LogP contribution in [0.5, 0.6) is 0 Å². The molecule has 1 unspecified atom stereocenters. The molecule has 1 heteroatoms. The van der Waals surface area contributed by atoms with Gasteiger partial charge in [-0.2, -0.15) is 0 Å². The lowest BCUT2D eigenvalue weighted by Gasteiger charge is -2.07. The summed E-state index contributed by atoms with van der Waals surface area (Å²) in [5, 5.41) is 0. The molecule has 0 aromatic heterocycles. The van der Waals surface area contributed by atoms with Gasteiger partial charge in [0.25, 0.3) is 0 Å². The van der Waals surface area contributed by atoms with Gasteiger partial charge in [-0.25, -0.2) is 0 Å². The van der Waals surface area contributed by atoms with Gasteiger partial charge in [0, 0.05) is 4.83 Å². The van der Waals surface area contributed by atoms with Gasteiger partial charge in [-0.15, -0.1) is 0 Å². The average Bonchev–Trinajstić information content (AvgIpc) is 3.02. The van der Waals surface area contributed by atoms with Crippen molar-refractivity contribution in [2.45, 2.75) is 37.4 Å². The molecule has 1 aliphatic carbocycles. The number of hydrogen-bond acceptors (Lipinski definition) is 0. The van der Waals surface area contributed by atoms with E-state index in [1.54, 1.807) is 0 Å². The molecule has 0 heterocycles. The summed E-state index contributed by atoms with van der Waals surface area (Å²) in [6.07, 6.45) is 5.05. The molecule has 0 saturated heterocycles. The van der Waals surface area contributed by atoms with Gasteiger partial charge in [-0.1, -0.05) is 51.8 Å². The number of rotatable bonds is 3. The summed E-state index contributed by atoms with van der Waals surface area (Å²) >= 11 is 3.61. The molecule has 80 valence electrons. The summed E-state index contributed by atoms with van der Waals surface area (Å²) in [4.78, 5) is 0.463. The second kappa shape index (κ2) is 4.52. The lowest BCUT2D eigenvalue weighted by Crippen LogP contribution is -1.93. The van der Waals surface area contributed by atoms with E-state index in [0.717, 1.165) is 5.92 Å². The van der Waals surface area contributed by atoms with E-state index in [1.807, 2.05) is 0 Å². The summed E-state index contributed by atoms with van der Waals surface area (Å²) in [6.45, 7) is 4.36. The summed E-state index contributed by atoms with van der Waals surface area (Å²) in [6, 6.07) is 8.78. The van der Waals surface area contributed by atoms with Crippen LogP contribution in [0.2, 0.25) is 0 Å². The summed E-state index contributed by atoms with van der Waals surface area (Å²) in [5.41, 5.74) is 4.33. The van der Waals surface area contributed by atoms with E-state index >= 15 is 0 Å². The fourth-order valence-electron chi connectivity index (χ4n) is 1.77. The molecule has 0 radical (unpaired) electrons. The molecule has 0 nitrogen and oxygen atoms in total. The minimum Gasteiger partial charge on any atom is -0.0845 e. The molecule has 0 bridgehead atoms. The predicted molar refractivity (Wildman–Crippen MR) is 70.5 cm³/mol. The molecule has 1 aromatic carbocycles. The van der Waals surface area contributed by atoms with Crippen LogP contribution in [0.25, 0.3) is 6.08 Å². The molecule has 15 heavy (non-hydrogen) atoms. The fraction of sp³-hybridized carbons (Fsp3) is 0.429. The minimum atomic E-state index is 0.463. The van der Waals surface area contributed by atoms with Gasteiger partial charge in [0.2, 0.25) is 0 Å². The Morgan fingerprint density at radius 3 is 2.67 bits per heavy atom. The second-order valence-electron chi connectivity index (χ2n) is 4.41. The number of hydrogen-bond donors (Lipinski definition) is 0. The van der Waals surface area contributed by atoms with Gasteiger partial charge in [-0.3, -0.25) is 0 Å². The van der Waals surface area contributed by atoms with E-state index in [1.165, 1.54) is 29.5 Å². The van der Waals surface area contributed by atoms with Crippen molar-refractivity contribution >= 4 is 22.0 Å². The Hall–Kier alpha value is -0.560. The first-order valence-corrected chi connectivity index (χ1v) is 6.51. The highest BCUT2D eigenvalue weighted by atomic mass is 79.9. The zero-order chi connectivity index (χ0) is 10.8. The third-order valence-corrected chi connectivity index (χ3v) is 3.75. The number of halogens is 1. The van der Waals surface area contributed by atoms with Crippen molar-refractivity contribution in [2.75, 3.05) is 0 Å². The highest BCUT2D eigenvalue weighted by Gasteiger charge is 2.24. The van der Waals surface area contributed by atoms with Crippen LogP contribution in [0.1, 0.15) is 43.7 Å². The molecule has 1 fully saturated rings.